The number of fused-ring (bicyclic) bond motifs is 2. The second kappa shape index (κ2) is 9.67. The molecule has 3 aromatic heterocycles. The van der Waals surface area contributed by atoms with Crippen molar-refractivity contribution >= 4 is 34.7 Å². The molecular formula is C25H27N7O4S. The Labute approximate surface area is 217 Å². The molecule has 11 nitrogen and oxygen atoms in total. The first-order valence-corrected chi connectivity index (χ1v) is 13.1. The van der Waals surface area contributed by atoms with Crippen LogP contribution in [0.5, 0.6) is 5.75 Å². The van der Waals surface area contributed by atoms with Gasteiger partial charge in [0.15, 0.2) is 27.9 Å². The quantitative estimate of drug-likeness (QED) is 0.371. The highest BCUT2D eigenvalue weighted by atomic mass is 32.2. The average Bonchev–Trinajstić information content (AvgIpc) is 3.61. The van der Waals surface area contributed by atoms with Crippen LogP contribution in [0.4, 0.5) is 5.82 Å². The van der Waals surface area contributed by atoms with Gasteiger partial charge in [-0.3, -0.25) is 4.79 Å². The van der Waals surface area contributed by atoms with E-state index in [1.807, 2.05) is 24.0 Å². The molecule has 6 rings (SSSR count). The number of benzene rings is 1. The standard InChI is InChI=1S/C25H27N7O4S/c1-14-10-27-24(35-14)18-9-19-17(12-34-36-19)8-20(18)37-25-30-21-22(26)28-13-29-23(21)32(25)7-5-16-4-3-6-31(11-16)15(2)33/h8-10,13,16H,3-7,11-12H2,1-2H3,(H2,26,28,29). The molecule has 1 atom stereocenters. The van der Waals surface area contributed by atoms with Crippen molar-refractivity contribution in [1.82, 2.24) is 29.4 Å². The first kappa shape index (κ1) is 23.7. The van der Waals surface area contributed by atoms with E-state index in [4.69, 9.17) is 24.9 Å². The molecule has 0 radical (unpaired) electrons. The number of aromatic nitrogens is 5. The van der Waals surface area contributed by atoms with E-state index in [0.717, 1.165) is 53.5 Å². The zero-order valence-corrected chi connectivity index (χ0v) is 21.5. The summed E-state index contributed by atoms with van der Waals surface area (Å²) in [6.07, 6.45) is 6.16. The maximum absolute atomic E-state index is 11.9. The highest BCUT2D eigenvalue weighted by Crippen LogP contribution is 2.42. The highest BCUT2D eigenvalue weighted by Gasteiger charge is 2.26. The largest absolute Gasteiger partial charge is 0.441 e. The summed E-state index contributed by atoms with van der Waals surface area (Å²) in [7, 11) is 0. The van der Waals surface area contributed by atoms with Crippen molar-refractivity contribution in [2.24, 2.45) is 5.92 Å². The van der Waals surface area contributed by atoms with Crippen LogP contribution in [0.1, 0.15) is 37.5 Å². The number of piperidine rings is 1. The van der Waals surface area contributed by atoms with Crippen molar-refractivity contribution in [2.45, 2.75) is 56.3 Å². The Hall–Kier alpha value is -3.64. The molecule has 192 valence electrons. The lowest BCUT2D eigenvalue weighted by molar-refractivity contribution is -0.194. The summed E-state index contributed by atoms with van der Waals surface area (Å²) in [5.41, 5.74) is 9.16. The number of amides is 1. The van der Waals surface area contributed by atoms with Crippen LogP contribution in [0.3, 0.4) is 0 Å². The number of aryl methyl sites for hydroxylation is 2. The number of carbonyl (C=O) groups is 1. The van der Waals surface area contributed by atoms with Gasteiger partial charge in [-0.2, -0.15) is 4.89 Å². The number of hydrogen-bond donors (Lipinski definition) is 1. The van der Waals surface area contributed by atoms with E-state index in [9.17, 15) is 4.79 Å². The molecule has 1 unspecified atom stereocenters. The van der Waals surface area contributed by atoms with Crippen molar-refractivity contribution in [1.29, 1.82) is 0 Å². The predicted octanol–water partition coefficient (Wildman–Crippen LogP) is 4.00. The molecule has 2 aliphatic heterocycles. The third-order valence-electron chi connectivity index (χ3n) is 6.83. The minimum atomic E-state index is 0.133. The van der Waals surface area contributed by atoms with Crippen molar-refractivity contribution < 1.29 is 19.0 Å². The minimum absolute atomic E-state index is 0.133. The number of likely N-dealkylation sites (tertiary alicyclic amines) is 1. The Morgan fingerprint density at radius 2 is 2.16 bits per heavy atom. The second-order valence-electron chi connectivity index (χ2n) is 9.42. The molecule has 1 aromatic carbocycles. The normalized spacial score (nSPS) is 17.2. The molecule has 1 amide bonds. The fourth-order valence-corrected chi connectivity index (χ4v) is 5.97. The summed E-state index contributed by atoms with van der Waals surface area (Å²) >= 11 is 1.49. The first-order valence-electron chi connectivity index (χ1n) is 12.3. The third kappa shape index (κ3) is 4.62. The smallest absolute Gasteiger partial charge is 0.227 e. The van der Waals surface area contributed by atoms with Crippen molar-refractivity contribution in [3.63, 3.8) is 0 Å². The van der Waals surface area contributed by atoms with Crippen molar-refractivity contribution in [3.8, 4) is 17.2 Å². The molecule has 2 N–H and O–H groups in total. The van der Waals surface area contributed by atoms with Gasteiger partial charge in [0, 0.05) is 37.0 Å². The predicted molar refractivity (Wildman–Crippen MR) is 136 cm³/mol. The third-order valence-corrected chi connectivity index (χ3v) is 7.88. The Balaban J connectivity index is 1.36. The average molecular weight is 522 g/mol. The summed E-state index contributed by atoms with van der Waals surface area (Å²) in [5.74, 6) is 2.73. The number of hydrogen-bond acceptors (Lipinski definition) is 10. The van der Waals surface area contributed by atoms with Gasteiger partial charge in [0.1, 0.15) is 18.7 Å². The van der Waals surface area contributed by atoms with Gasteiger partial charge >= 0.3 is 0 Å². The van der Waals surface area contributed by atoms with Gasteiger partial charge in [0.25, 0.3) is 0 Å². The van der Waals surface area contributed by atoms with Gasteiger partial charge in [0.05, 0.1) is 11.8 Å². The molecule has 4 aromatic rings. The van der Waals surface area contributed by atoms with Gasteiger partial charge in [0.2, 0.25) is 11.8 Å². The summed E-state index contributed by atoms with van der Waals surface area (Å²) in [5, 5.41) is 0.741. The molecule has 37 heavy (non-hydrogen) atoms. The van der Waals surface area contributed by atoms with Crippen LogP contribution < -0.4 is 10.6 Å². The Kier molecular flexibility index (Phi) is 6.21. The maximum Gasteiger partial charge on any atom is 0.227 e. The number of nitrogens with zero attached hydrogens (tertiary/aromatic N) is 6. The van der Waals surface area contributed by atoms with Gasteiger partial charge in [-0.25, -0.2) is 19.9 Å². The Bertz CT molecular complexity index is 1480. The zero-order chi connectivity index (χ0) is 25.5. The number of oxazole rings is 1. The van der Waals surface area contributed by atoms with E-state index in [0.29, 0.717) is 53.5 Å². The van der Waals surface area contributed by atoms with Crippen LogP contribution in [0.25, 0.3) is 22.6 Å². The highest BCUT2D eigenvalue weighted by molar-refractivity contribution is 7.99. The molecule has 0 aliphatic carbocycles. The van der Waals surface area contributed by atoms with Crippen molar-refractivity contribution in [3.05, 3.63) is 36.0 Å². The Morgan fingerprint density at radius 3 is 2.97 bits per heavy atom. The fraction of sp³-hybridized carbons (Fsp3) is 0.400. The number of nitrogen functional groups attached to an aromatic ring is 1. The zero-order valence-electron chi connectivity index (χ0n) is 20.6. The van der Waals surface area contributed by atoms with Crippen LogP contribution in [0.15, 0.2) is 39.1 Å². The van der Waals surface area contributed by atoms with Gasteiger partial charge < -0.3 is 24.5 Å². The summed E-state index contributed by atoms with van der Waals surface area (Å²) in [6.45, 7) is 6.16. The summed E-state index contributed by atoms with van der Waals surface area (Å²) < 4.78 is 7.94. The lowest BCUT2D eigenvalue weighted by Gasteiger charge is -2.32. The van der Waals surface area contributed by atoms with Crippen LogP contribution in [-0.4, -0.2) is 48.4 Å². The number of imidazole rings is 1. The lowest BCUT2D eigenvalue weighted by atomic mass is 9.95. The molecule has 12 heteroatoms. The van der Waals surface area contributed by atoms with Gasteiger partial charge in [-0.1, -0.05) is 11.8 Å². The van der Waals surface area contributed by atoms with Gasteiger partial charge in [-0.15, -0.1) is 0 Å². The molecule has 5 heterocycles. The molecule has 0 bridgehead atoms. The number of rotatable bonds is 6. The molecule has 0 spiro atoms. The van der Waals surface area contributed by atoms with E-state index in [1.165, 1.54) is 18.1 Å². The first-order chi connectivity index (χ1) is 18.0. The summed E-state index contributed by atoms with van der Waals surface area (Å²) in [4.78, 5) is 43.2. The van der Waals surface area contributed by atoms with E-state index < -0.39 is 0 Å². The van der Waals surface area contributed by atoms with E-state index >= 15 is 0 Å². The molecule has 0 saturated carbocycles. The molecule has 1 saturated heterocycles. The lowest BCUT2D eigenvalue weighted by Crippen LogP contribution is -2.38. The maximum atomic E-state index is 11.9. The Morgan fingerprint density at radius 1 is 1.27 bits per heavy atom. The SMILES string of the molecule is CC(=O)N1CCCC(CCn2c(Sc3cc4c(cc3-c3ncc(C)o3)OOC4)nc3c(N)ncnc32)C1. The number of carbonyl (C=O) groups excluding carboxylic acids is 1. The van der Waals surface area contributed by atoms with Gasteiger partial charge in [-0.05, 0) is 44.2 Å². The monoisotopic (exact) mass is 521 g/mol. The van der Waals surface area contributed by atoms with Crippen LogP contribution in [0, 0.1) is 12.8 Å². The summed E-state index contributed by atoms with van der Waals surface area (Å²) in [6, 6.07) is 3.90. The number of nitrogens with two attached hydrogens (primary N) is 1. The van der Waals surface area contributed by atoms with Crippen LogP contribution in [-0.2, 0) is 22.8 Å². The second-order valence-corrected chi connectivity index (χ2v) is 10.4. The fourth-order valence-electron chi connectivity index (χ4n) is 4.89. The van der Waals surface area contributed by atoms with E-state index in [1.54, 1.807) is 13.1 Å². The van der Waals surface area contributed by atoms with Crippen molar-refractivity contribution in [2.75, 3.05) is 18.8 Å². The molecule has 2 aliphatic rings. The molecule has 1 fully saturated rings. The number of anilines is 1. The van der Waals surface area contributed by atoms with E-state index in [2.05, 4.69) is 19.5 Å². The van der Waals surface area contributed by atoms with E-state index in [-0.39, 0.29) is 5.91 Å². The topological polar surface area (TPSA) is 134 Å². The van der Waals surface area contributed by atoms with Crippen LogP contribution >= 0.6 is 11.8 Å². The molecular weight excluding hydrogens is 494 g/mol. The minimum Gasteiger partial charge on any atom is -0.441 e. The van der Waals surface area contributed by atoms with Crippen LogP contribution in [0.2, 0.25) is 0 Å².